The monoisotopic (exact) mass is 1630 g/mol. The molecule has 0 spiro atoms. The van der Waals surface area contributed by atoms with Crippen LogP contribution in [0.1, 0.15) is 0 Å². The second kappa shape index (κ2) is 26.5. The number of nitrogens with two attached hydrogens (primary N) is 1. The van der Waals surface area contributed by atoms with Gasteiger partial charge >= 0.3 is 62.5 Å². The number of rotatable bonds is 6. The van der Waals surface area contributed by atoms with Crippen LogP contribution in [0.4, 0.5) is 64.1 Å². The minimum atomic E-state index is -6.85. The van der Waals surface area contributed by atoms with Crippen molar-refractivity contribution in [1.82, 2.24) is 0 Å². The van der Waals surface area contributed by atoms with Crippen molar-refractivity contribution in [1.29, 1.82) is 0 Å². The molecule has 0 atom stereocenters. The van der Waals surface area contributed by atoms with Crippen LogP contribution in [-0.2, 0) is 110 Å². The maximum absolute atomic E-state index is 13.1. The van der Waals surface area contributed by atoms with Crippen molar-refractivity contribution < 1.29 is 202 Å². The molecule has 0 saturated heterocycles. The number of phenols is 2. The first kappa shape index (κ1) is 74.7. The van der Waals surface area contributed by atoms with Crippen LogP contribution >= 0.6 is 0 Å². The molecular formula is C58H31B3F12N2O19S4Y2-2. The molecule has 0 aromatic heterocycles. The van der Waals surface area contributed by atoms with Gasteiger partial charge in [0.15, 0.2) is 0 Å². The molecule has 4 N–H and O–H groups in total. The maximum Gasteiger partial charge on any atom is 0.534 e. The van der Waals surface area contributed by atoms with E-state index in [4.69, 9.17) is 33.7 Å². The Morgan fingerprint density at radius 2 is 0.510 bits per heavy atom. The molecule has 100 heavy (non-hydrogen) atoms. The number of nitrogens with zero attached hydrogens (tertiary/aromatic N) is 1. The third kappa shape index (κ3) is 13.0. The van der Waals surface area contributed by atoms with Gasteiger partial charge in [0.25, 0.3) is 20.1 Å². The quantitative estimate of drug-likeness (QED) is 0.0678. The molecule has 0 fully saturated rings. The van der Waals surface area contributed by atoms with Crippen LogP contribution in [-0.4, -0.2) is 86.1 Å². The first-order chi connectivity index (χ1) is 45.4. The molecule has 7 aliphatic heterocycles. The van der Waals surface area contributed by atoms with E-state index < -0.39 is 80.7 Å². The predicted octanol–water partition coefficient (Wildman–Crippen LogP) is 9.18. The molecule has 9 aromatic carbocycles. The molecule has 0 unspecified atom stereocenters. The minimum Gasteiger partial charge on any atom is -0.693 e. The van der Waals surface area contributed by atoms with Crippen LogP contribution in [0, 0.1) is 0 Å². The fraction of sp³-hybridized carbons (Fsp3) is 0.0690. The summed E-state index contributed by atoms with van der Waals surface area (Å²) in [7, 11) is -26.1. The zero-order valence-electron chi connectivity index (χ0n) is 49.0. The van der Waals surface area contributed by atoms with Crippen LogP contribution in [0.3, 0.4) is 0 Å². The summed E-state index contributed by atoms with van der Waals surface area (Å²) >= 11 is 0. The second-order valence-electron chi connectivity index (χ2n) is 21.0. The molecule has 21 nitrogen and oxygen atoms in total. The van der Waals surface area contributed by atoms with Gasteiger partial charge in [-0.15, -0.1) is 15.0 Å². The van der Waals surface area contributed by atoms with Crippen molar-refractivity contribution in [3.63, 3.8) is 0 Å². The summed E-state index contributed by atoms with van der Waals surface area (Å²) in [5.41, 5.74) is -17.2. The van der Waals surface area contributed by atoms with Gasteiger partial charge in [0.05, 0.1) is 0 Å². The number of aromatic hydroxyl groups is 2. The molecule has 9 aromatic rings. The smallest absolute Gasteiger partial charge is 0.534 e. The summed E-state index contributed by atoms with van der Waals surface area (Å²) in [5, 5.41) is 25.6. The Balaban J connectivity index is 0.000000150. The molecular weight excluding hydrogens is 1600 g/mol. The summed E-state index contributed by atoms with van der Waals surface area (Å²) in [5.74, 6) is 4.40. The molecule has 0 amide bonds. The molecule has 2 radical (unpaired) electrons. The normalized spacial score (nSPS) is 13.9. The van der Waals surface area contributed by atoms with Crippen LogP contribution in [0.25, 0.3) is 11.5 Å². The van der Waals surface area contributed by atoms with Crippen LogP contribution in [0.5, 0.6) is 92.0 Å². The van der Waals surface area contributed by atoms with Crippen LogP contribution in [0.2, 0.25) is 0 Å². The fourth-order valence-electron chi connectivity index (χ4n) is 11.4. The number of fused-ring (bicyclic) bond motifs is 8. The Labute approximate surface area is 607 Å². The number of hydrogen-bond acceptors (Lipinski definition) is 19. The van der Waals surface area contributed by atoms with E-state index in [1.165, 1.54) is 30.3 Å². The van der Waals surface area contributed by atoms with Crippen molar-refractivity contribution in [2.75, 3.05) is 0 Å². The van der Waals surface area contributed by atoms with Gasteiger partial charge in [0.2, 0.25) is 0 Å². The zero-order valence-corrected chi connectivity index (χ0v) is 57.9. The van der Waals surface area contributed by atoms with Crippen LogP contribution in [0.15, 0.2) is 164 Å². The van der Waals surface area contributed by atoms with Crippen molar-refractivity contribution in [2.45, 2.75) is 22.0 Å². The van der Waals surface area contributed by atoms with E-state index in [0.717, 1.165) is 80.5 Å². The van der Waals surface area contributed by atoms with E-state index >= 15 is 0 Å². The Morgan fingerprint density at radius 3 is 0.790 bits per heavy atom. The molecule has 512 valence electrons. The standard InChI is InChI=1S/C20H9BF6O8S2.C18H9BNO2.C18H11BO4.C2F6O5S2.H2N.2Y/c22-19(23,24)36(28,29)34-14-8-2-6-12-17(14)21-16-10(32-12)4-1-5-11(16)33-13-7-3-9-15(18(13)21)35-37(30,31)20(25,26)27;1-4-10-16-12(6-1)21-14-8-3-9-15-18(14)19(16)17-11(20-10)5-2-7-13(17)22-15;20-10-4-1-6-12-16(10)19-17-11(21)5-2-7-13(17)23-15-9-3-8-14(22-12)18(15)19;3-1(4,5)14(9,10)13-15(11,12)2(6,7)8;;;/h1-9H;1-9H;1-9,20-21H;;1H2;;/q;-1;;;-1;;. The molecule has 7 heterocycles. The fourth-order valence-corrected chi connectivity index (χ4v) is 13.9. The number of ether oxygens (including phenoxy) is 6. The average molecular weight is 1630 g/mol. The topological polar surface area (TPSA) is 308 Å². The van der Waals surface area contributed by atoms with E-state index in [1.807, 2.05) is 76.4 Å². The van der Waals surface area contributed by atoms with Crippen molar-refractivity contribution >= 4 is 121 Å². The molecule has 0 bridgehead atoms. The van der Waals surface area contributed by atoms with Gasteiger partial charge in [0, 0.05) is 104 Å². The van der Waals surface area contributed by atoms with Crippen LogP contribution < -0.4 is 86.0 Å². The van der Waals surface area contributed by atoms with Crippen molar-refractivity contribution in [3.8, 4) is 92.0 Å². The Hall–Kier alpha value is -7.94. The minimum absolute atomic E-state index is 0. The largest absolute Gasteiger partial charge is 0.693 e. The molecule has 42 heteroatoms. The van der Waals surface area contributed by atoms with Crippen molar-refractivity contribution in [2.24, 2.45) is 0 Å². The second-order valence-corrected chi connectivity index (χ2v) is 27.3. The van der Waals surface area contributed by atoms with Gasteiger partial charge in [-0.1, -0.05) is 66.7 Å². The van der Waals surface area contributed by atoms with Gasteiger partial charge in [0.1, 0.15) is 92.0 Å². The Bertz CT molecular complexity index is 4870. The molecule has 7 aliphatic rings. The van der Waals surface area contributed by atoms with E-state index in [-0.39, 0.29) is 136 Å². The Kier molecular flexibility index (Phi) is 19.8. The zero-order chi connectivity index (χ0) is 69.5. The summed E-state index contributed by atoms with van der Waals surface area (Å²) in [6.07, 6.45) is 0. The van der Waals surface area contributed by atoms with E-state index in [0.29, 0.717) is 33.9 Å². The van der Waals surface area contributed by atoms with Gasteiger partial charge in [-0.05, 0) is 108 Å². The molecule has 0 saturated carbocycles. The summed E-state index contributed by atoms with van der Waals surface area (Å²) in [4.78, 5) is 0. The summed E-state index contributed by atoms with van der Waals surface area (Å²) < 4.78 is 280. The van der Waals surface area contributed by atoms with E-state index in [9.17, 15) is 96.6 Å². The third-order valence-corrected chi connectivity index (χ3v) is 19.7. The number of phenolic OH excluding ortho intramolecular Hbond substituents is 2. The maximum atomic E-state index is 13.1. The molecule has 0 aliphatic carbocycles. The van der Waals surface area contributed by atoms with E-state index in [1.54, 1.807) is 24.3 Å². The first-order valence-electron chi connectivity index (χ1n) is 27.1. The number of hydrogen-bond donors (Lipinski definition) is 2. The van der Waals surface area contributed by atoms with Gasteiger partial charge in [-0.3, -0.25) is 0 Å². The average Bonchev–Trinajstić information content (AvgIpc) is 0.721. The Morgan fingerprint density at radius 1 is 0.300 bits per heavy atom. The first-order valence-corrected chi connectivity index (χ1v) is 32.8. The van der Waals surface area contributed by atoms with Crippen molar-refractivity contribution in [3.05, 3.63) is 175 Å². The van der Waals surface area contributed by atoms with Gasteiger partial charge in [-0.2, -0.15) is 86.4 Å². The predicted molar refractivity (Wildman–Crippen MR) is 326 cm³/mol. The van der Waals surface area contributed by atoms with E-state index in [2.05, 4.69) is 20.5 Å². The molecule has 16 rings (SSSR count). The van der Waals surface area contributed by atoms with Gasteiger partial charge < -0.3 is 58.5 Å². The number of benzene rings is 9. The SMILES string of the molecule is O=S(=O)(OS(=O)(=O)C(F)(F)F)C(F)(F)F.O=S(=O)(Oc1cccc2c1B1c3c(cccc3Oc3cccc(OS(=O)(=O)C(F)(F)F)c31)O2)C(F)(F)F.Oc1cccc2c1B1c3c(O)cccc3Oc3cccc(c31)O2.[NH2-].[Y].[Y].c1cc2c3c(c1)Oc1cccc4c1B3c1c(cccc1O4)[N-]2. The number of alkyl halides is 12. The summed E-state index contributed by atoms with van der Waals surface area (Å²) in [6, 6.07) is 45.0. The summed E-state index contributed by atoms with van der Waals surface area (Å²) in [6.45, 7) is -1.59. The van der Waals surface area contributed by atoms with Gasteiger partial charge in [-0.25, -0.2) is 0 Å². The third-order valence-electron chi connectivity index (χ3n) is 15.2. The number of halogens is 12.